The number of benzene rings is 1. The van der Waals surface area contributed by atoms with Gasteiger partial charge in [-0.05, 0) is 54.8 Å². The van der Waals surface area contributed by atoms with Gasteiger partial charge in [-0.2, -0.15) is 0 Å². The number of thiophene rings is 1. The molecule has 1 aromatic carbocycles. The van der Waals surface area contributed by atoms with E-state index in [4.69, 9.17) is 5.73 Å². The van der Waals surface area contributed by atoms with Gasteiger partial charge in [-0.3, -0.25) is 0 Å². The Morgan fingerprint density at radius 3 is 2.53 bits per heavy atom. The van der Waals surface area contributed by atoms with Crippen LogP contribution in [0.3, 0.4) is 0 Å². The molecule has 1 atom stereocenters. The highest BCUT2D eigenvalue weighted by molar-refractivity contribution is 7.09. The van der Waals surface area contributed by atoms with E-state index in [1.807, 2.05) is 6.07 Å². The van der Waals surface area contributed by atoms with Gasteiger partial charge in [0.05, 0.1) is 0 Å². The van der Waals surface area contributed by atoms with Gasteiger partial charge in [-0.1, -0.05) is 6.07 Å². The zero-order chi connectivity index (χ0) is 13.7. The number of hydrogen-bond donors (Lipinski definition) is 1. The summed E-state index contributed by atoms with van der Waals surface area (Å²) >= 11 is 1.74. The van der Waals surface area contributed by atoms with E-state index in [1.54, 1.807) is 11.3 Å². The van der Waals surface area contributed by atoms with Gasteiger partial charge in [-0.15, -0.1) is 11.3 Å². The van der Waals surface area contributed by atoms with Gasteiger partial charge in [0.1, 0.15) is 11.6 Å². The Balaban J connectivity index is 1.78. The third kappa shape index (κ3) is 4.73. The van der Waals surface area contributed by atoms with Crippen molar-refractivity contribution in [3.63, 3.8) is 0 Å². The second-order valence-electron chi connectivity index (χ2n) is 4.71. The molecule has 4 heteroatoms. The van der Waals surface area contributed by atoms with Crippen LogP contribution in [0.1, 0.15) is 23.3 Å². The molecule has 0 fully saturated rings. The molecule has 0 bridgehead atoms. The van der Waals surface area contributed by atoms with Gasteiger partial charge in [0.25, 0.3) is 0 Å². The quantitative estimate of drug-likeness (QED) is 0.853. The number of hydrogen-bond acceptors (Lipinski definition) is 2. The third-order valence-electron chi connectivity index (χ3n) is 3.00. The van der Waals surface area contributed by atoms with Crippen LogP contribution in [-0.2, 0) is 12.8 Å². The zero-order valence-corrected chi connectivity index (χ0v) is 11.4. The van der Waals surface area contributed by atoms with E-state index in [0.717, 1.165) is 25.3 Å². The summed E-state index contributed by atoms with van der Waals surface area (Å²) in [6.45, 7) is 0. The summed E-state index contributed by atoms with van der Waals surface area (Å²) < 4.78 is 26.1. The lowest BCUT2D eigenvalue weighted by molar-refractivity contribution is 0.560. The summed E-state index contributed by atoms with van der Waals surface area (Å²) in [7, 11) is 0. The monoisotopic (exact) mass is 281 g/mol. The van der Waals surface area contributed by atoms with Gasteiger partial charge in [0.15, 0.2) is 0 Å². The summed E-state index contributed by atoms with van der Waals surface area (Å²) in [6, 6.07) is 7.67. The highest BCUT2D eigenvalue weighted by Gasteiger charge is 2.07. The largest absolute Gasteiger partial charge is 0.327 e. The molecule has 1 unspecified atom stereocenters. The van der Waals surface area contributed by atoms with Crippen LogP contribution in [0, 0.1) is 11.6 Å². The first-order valence-corrected chi connectivity index (χ1v) is 7.24. The predicted octanol–water partition coefficient (Wildman–Crippen LogP) is 3.92. The maximum atomic E-state index is 13.0. The van der Waals surface area contributed by atoms with Crippen molar-refractivity contribution in [2.24, 2.45) is 5.73 Å². The van der Waals surface area contributed by atoms with Crippen molar-refractivity contribution < 1.29 is 8.78 Å². The predicted molar refractivity (Wildman–Crippen MR) is 75.3 cm³/mol. The highest BCUT2D eigenvalue weighted by Crippen LogP contribution is 2.15. The van der Waals surface area contributed by atoms with Crippen molar-refractivity contribution in [3.8, 4) is 0 Å². The Labute approximate surface area is 116 Å². The Morgan fingerprint density at radius 1 is 1.16 bits per heavy atom. The zero-order valence-electron chi connectivity index (χ0n) is 10.6. The lowest BCUT2D eigenvalue weighted by atomic mass is 10.0. The smallest absolute Gasteiger partial charge is 0.126 e. The third-order valence-corrected chi connectivity index (χ3v) is 3.93. The Bertz CT molecular complexity index is 491. The van der Waals surface area contributed by atoms with Crippen LogP contribution in [0.25, 0.3) is 0 Å². The molecule has 102 valence electrons. The van der Waals surface area contributed by atoms with Crippen LogP contribution in [0.2, 0.25) is 0 Å². The lowest BCUT2D eigenvalue weighted by Gasteiger charge is -2.11. The number of halogens is 2. The van der Waals surface area contributed by atoms with Crippen molar-refractivity contribution in [1.29, 1.82) is 0 Å². The molecule has 0 saturated heterocycles. The van der Waals surface area contributed by atoms with Crippen molar-refractivity contribution >= 4 is 11.3 Å². The van der Waals surface area contributed by atoms with Crippen molar-refractivity contribution in [2.45, 2.75) is 31.7 Å². The Kier molecular flexibility index (Phi) is 5.05. The van der Waals surface area contributed by atoms with Crippen molar-refractivity contribution in [1.82, 2.24) is 0 Å². The van der Waals surface area contributed by atoms with E-state index in [-0.39, 0.29) is 6.04 Å². The van der Waals surface area contributed by atoms with Crippen LogP contribution in [0.4, 0.5) is 8.78 Å². The highest BCUT2D eigenvalue weighted by atomic mass is 32.1. The average Bonchev–Trinajstić information content (AvgIpc) is 2.80. The fraction of sp³-hybridized carbons (Fsp3) is 0.333. The summed E-state index contributed by atoms with van der Waals surface area (Å²) in [5.74, 6) is -1.08. The van der Waals surface area contributed by atoms with Gasteiger partial charge < -0.3 is 5.73 Å². The molecule has 0 aliphatic heterocycles. The molecule has 0 aliphatic rings. The molecule has 2 aromatic rings. The van der Waals surface area contributed by atoms with E-state index in [2.05, 4.69) is 11.4 Å². The summed E-state index contributed by atoms with van der Waals surface area (Å²) in [5.41, 5.74) is 6.63. The average molecular weight is 281 g/mol. The first kappa shape index (κ1) is 14.2. The van der Waals surface area contributed by atoms with Gasteiger partial charge in [0.2, 0.25) is 0 Å². The van der Waals surface area contributed by atoms with Gasteiger partial charge >= 0.3 is 0 Å². The fourth-order valence-corrected chi connectivity index (χ4v) is 2.88. The number of aryl methyl sites for hydroxylation is 1. The maximum Gasteiger partial charge on any atom is 0.126 e. The van der Waals surface area contributed by atoms with Gasteiger partial charge in [-0.25, -0.2) is 8.78 Å². The van der Waals surface area contributed by atoms with Crippen molar-refractivity contribution in [3.05, 3.63) is 57.8 Å². The molecule has 1 aromatic heterocycles. The summed E-state index contributed by atoms with van der Waals surface area (Å²) in [5, 5.41) is 2.06. The minimum Gasteiger partial charge on any atom is -0.327 e. The number of nitrogens with two attached hydrogens (primary N) is 1. The molecular weight excluding hydrogens is 264 g/mol. The molecule has 0 spiro atoms. The molecular formula is C15H17F2NS. The van der Waals surface area contributed by atoms with Crippen LogP contribution >= 0.6 is 11.3 Å². The molecule has 19 heavy (non-hydrogen) atoms. The van der Waals surface area contributed by atoms with Crippen LogP contribution in [-0.4, -0.2) is 6.04 Å². The Hall–Kier alpha value is -1.26. The molecule has 0 amide bonds. The molecule has 2 rings (SSSR count). The molecule has 2 N–H and O–H groups in total. The topological polar surface area (TPSA) is 26.0 Å². The maximum absolute atomic E-state index is 13.0. The first-order valence-electron chi connectivity index (χ1n) is 6.36. The molecule has 1 heterocycles. The Morgan fingerprint density at radius 2 is 1.89 bits per heavy atom. The minimum atomic E-state index is -0.541. The van der Waals surface area contributed by atoms with E-state index in [0.29, 0.717) is 12.0 Å². The normalized spacial score (nSPS) is 12.6. The van der Waals surface area contributed by atoms with Gasteiger partial charge in [0, 0.05) is 17.0 Å². The standard InChI is InChI=1S/C15H17F2NS/c16-12-7-11(8-13(17)10-12)9-14(18)3-1-4-15-5-2-6-19-15/h2,5-8,10,14H,1,3-4,9,18H2. The van der Waals surface area contributed by atoms with E-state index >= 15 is 0 Å². The minimum absolute atomic E-state index is 0.0545. The van der Waals surface area contributed by atoms with E-state index in [1.165, 1.54) is 17.0 Å². The molecule has 0 aliphatic carbocycles. The van der Waals surface area contributed by atoms with Crippen LogP contribution in [0.5, 0.6) is 0 Å². The van der Waals surface area contributed by atoms with Crippen LogP contribution < -0.4 is 5.73 Å². The first-order chi connectivity index (χ1) is 9.13. The van der Waals surface area contributed by atoms with Crippen molar-refractivity contribution in [2.75, 3.05) is 0 Å². The van der Waals surface area contributed by atoms with E-state index in [9.17, 15) is 8.78 Å². The second-order valence-corrected chi connectivity index (χ2v) is 5.75. The second kappa shape index (κ2) is 6.78. The molecule has 1 nitrogen and oxygen atoms in total. The molecule has 0 saturated carbocycles. The lowest BCUT2D eigenvalue weighted by Crippen LogP contribution is -2.23. The summed E-state index contributed by atoms with van der Waals surface area (Å²) in [4.78, 5) is 1.35. The SMILES string of the molecule is NC(CCCc1cccs1)Cc1cc(F)cc(F)c1. The van der Waals surface area contributed by atoms with E-state index < -0.39 is 11.6 Å². The fourth-order valence-electron chi connectivity index (χ4n) is 2.13. The molecule has 0 radical (unpaired) electrons. The van der Waals surface area contributed by atoms with Crippen LogP contribution in [0.15, 0.2) is 35.7 Å². The summed E-state index contributed by atoms with van der Waals surface area (Å²) in [6.07, 6.45) is 3.39. The number of rotatable bonds is 6.